The maximum atomic E-state index is 11.2. The number of ether oxygens (including phenoxy) is 1. The van der Waals surface area contributed by atoms with E-state index in [1.54, 1.807) is 0 Å². The predicted molar refractivity (Wildman–Crippen MR) is 62.7 cm³/mol. The van der Waals surface area contributed by atoms with Crippen molar-refractivity contribution < 1.29 is 14.1 Å². The molecule has 0 aromatic rings. The number of esters is 1. The summed E-state index contributed by atoms with van der Waals surface area (Å²) in [6.45, 7) is 6.48. The molecule has 0 radical (unpaired) electrons. The van der Waals surface area contributed by atoms with Gasteiger partial charge < -0.3 is 0 Å². The van der Waals surface area contributed by atoms with Gasteiger partial charge in [-0.2, -0.15) is 0 Å². The number of carbonyl (C=O) groups is 1. The van der Waals surface area contributed by atoms with E-state index in [-0.39, 0.29) is 6.10 Å². The summed E-state index contributed by atoms with van der Waals surface area (Å²) in [5.74, 6) is 0.944. The first kappa shape index (κ1) is 13.5. The first-order chi connectivity index (χ1) is 7.54. The summed E-state index contributed by atoms with van der Waals surface area (Å²) in [6.07, 6.45) is 3.17. The molecule has 16 heavy (non-hydrogen) atoms. The normalized spacial score (nSPS) is 29.6. The van der Waals surface area contributed by atoms with Crippen molar-refractivity contribution in [3.05, 3.63) is 0 Å². The van der Waals surface area contributed by atoms with Crippen LogP contribution in [-0.2, 0) is 14.1 Å². The molecule has 0 aromatic carbocycles. The van der Waals surface area contributed by atoms with E-state index < -0.39 is 13.9 Å². The summed E-state index contributed by atoms with van der Waals surface area (Å²) < 4.78 is 15.5. The van der Waals surface area contributed by atoms with Crippen LogP contribution in [0.3, 0.4) is 0 Å². The first-order valence-electron chi connectivity index (χ1n) is 5.83. The van der Waals surface area contributed by atoms with E-state index in [0.717, 1.165) is 12.8 Å². The monoisotopic (exact) mass is 242 g/mol. The SMILES string of the molecule is CC1CCC(C(C)C)C(OC(=O)C#P=O)C1. The summed E-state index contributed by atoms with van der Waals surface area (Å²) in [4.78, 5) is 11.2. The second-order valence-corrected chi connectivity index (χ2v) is 5.38. The van der Waals surface area contributed by atoms with E-state index >= 15 is 0 Å². The number of hydrogen-bond acceptors (Lipinski definition) is 3. The van der Waals surface area contributed by atoms with Crippen LogP contribution >= 0.6 is 7.92 Å². The Kier molecular flexibility index (Phi) is 5.31. The standard InChI is InChI=1S/C12H19O3P/c1-8(2)10-5-4-9(3)6-11(10)15-12(13)7-16-14/h8-11H,4-6H2,1-3H3. The number of rotatable bonds is 2. The van der Waals surface area contributed by atoms with Crippen LogP contribution in [0, 0.1) is 23.4 Å². The molecule has 90 valence electrons. The van der Waals surface area contributed by atoms with Crippen molar-refractivity contribution in [2.45, 2.75) is 46.1 Å². The molecule has 0 N–H and O–H groups in total. The quantitative estimate of drug-likeness (QED) is 0.551. The molecule has 0 spiro atoms. The summed E-state index contributed by atoms with van der Waals surface area (Å²) in [5.41, 5.74) is 2.12. The molecule has 3 nitrogen and oxygen atoms in total. The van der Waals surface area contributed by atoms with E-state index in [1.807, 2.05) is 0 Å². The molecule has 0 aliphatic heterocycles. The van der Waals surface area contributed by atoms with Crippen molar-refractivity contribution in [2.75, 3.05) is 0 Å². The van der Waals surface area contributed by atoms with Gasteiger partial charge in [0, 0.05) is 0 Å². The molecular formula is C12H19O3P. The molecule has 1 saturated carbocycles. The molecule has 3 atom stereocenters. The Morgan fingerprint density at radius 1 is 1.44 bits per heavy atom. The van der Waals surface area contributed by atoms with E-state index in [4.69, 9.17) is 4.74 Å². The van der Waals surface area contributed by atoms with Gasteiger partial charge in [-0.05, 0) is 0 Å². The van der Waals surface area contributed by atoms with Crippen molar-refractivity contribution in [3.63, 3.8) is 0 Å². The fourth-order valence-corrected chi connectivity index (χ4v) is 2.58. The Hall–Kier alpha value is -0.520. The van der Waals surface area contributed by atoms with Crippen molar-refractivity contribution >= 4 is 13.9 Å². The van der Waals surface area contributed by atoms with Crippen LogP contribution in [0.4, 0.5) is 0 Å². The van der Waals surface area contributed by atoms with Gasteiger partial charge in [0.05, 0.1) is 0 Å². The first-order valence-corrected chi connectivity index (χ1v) is 6.64. The molecule has 0 amide bonds. The molecular weight excluding hydrogens is 223 g/mol. The Bertz CT molecular complexity index is 344. The van der Waals surface area contributed by atoms with E-state index in [0.29, 0.717) is 17.8 Å². The predicted octanol–water partition coefficient (Wildman–Crippen LogP) is 3.24. The maximum absolute atomic E-state index is 11.2. The molecule has 0 aromatic heterocycles. The summed E-state index contributed by atoms with van der Waals surface area (Å²) in [6, 6.07) is 0. The Labute approximate surface area is 98.1 Å². The zero-order chi connectivity index (χ0) is 12.1. The fraction of sp³-hybridized carbons (Fsp3) is 0.833. The second-order valence-electron chi connectivity index (χ2n) is 4.97. The van der Waals surface area contributed by atoms with Crippen LogP contribution in [0.2, 0.25) is 0 Å². The molecule has 0 bridgehead atoms. The van der Waals surface area contributed by atoms with E-state index in [9.17, 15) is 9.36 Å². The van der Waals surface area contributed by atoms with Crippen LogP contribution < -0.4 is 0 Å². The molecule has 0 heterocycles. The minimum absolute atomic E-state index is 0.0366. The van der Waals surface area contributed by atoms with Gasteiger partial charge in [0.15, 0.2) is 0 Å². The van der Waals surface area contributed by atoms with Crippen molar-refractivity contribution in [1.82, 2.24) is 0 Å². The topological polar surface area (TPSA) is 43.4 Å². The van der Waals surface area contributed by atoms with Gasteiger partial charge in [0.1, 0.15) is 0 Å². The summed E-state index contributed by atoms with van der Waals surface area (Å²) in [5, 5.41) is 0. The Balaban J connectivity index is 2.66. The molecule has 1 aliphatic rings. The molecule has 3 unspecified atom stereocenters. The average molecular weight is 242 g/mol. The molecule has 1 aliphatic carbocycles. The Morgan fingerprint density at radius 2 is 2.12 bits per heavy atom. The van der Waals surface area contributed by atoms with E-state index in [1.165, 1.54) is 6.42 Å². The second kappa shape index (κ2) is 6.27. The fourth-order valence-electron chi connectivity index (χ4n) is 2.45. The van der Waals surface area contributed by atoms with E-state index in [2.05, 4.69) is 26.4 Å². The minimum atomic E-state index is -0.582. The van der Waals surface area contributed by atoms with Crippen LogP contribution in [0.15, 0.2) is 0 Å². The summed E-state index contributed by atoms with van der Waals surface area (Å²) in [7, 11) is -0.400. The molecule has 4 heteroatoms. The third-order valence-corrected chi connectivity index (χ3v) is 3.63. The van der Waals surface area contributed by atoms with Gasteiger partial charge in [0.25, 0.3) is 0 Å². The zero-order valence-electron chi connectivity index (χ0n) is 10.1. The van der Waals surface area contributed by atoms with Crippen molar-refractivity contribution in [1.29, 1.82) is 0 Å². The van der Waals surface area contributed by atoms with Crippen LogP contribution in [0.5, 0.6) is 0 Å². The Morgan fingerprint density at radius 3 is 2.69 bits per heavy atom. The third-order valence-electron chi connectivity index (χ3n) is 3.36. The van der Waals surface area contributed by atoms with Gasteiger partial charge >= 0.3 is 97.5 Å². The van der Waals surface area contributed by atoms with Crippen LogP contribution in [-0.4, -0.2) is 12.1 Å². The van der Waals surface area contributed by atoms with Gasteiger partial charge in [0.2, 0.25) is 0 Å². The van der Waals surface area contributed by atoms with Gasteiger partial charge in [-0.25, -0.2) is 0 Å². The van der Waals surface area contributed by atoms with Gasteiger partial charge in [-0.15, -0.1) is 0 Å². The third kappa shape index (κ3) is 3.81. The van der Waals surface area contributed by atoms with Gasteiger partial charge in [-0.3, -0.25) is 0 Å². The van der Waals surface area contributed by atoms with Crippen LogP contribution in [0.25, 0.3) is 0 Å². The van der Waals surface area contributed by atoms with Crippen LogP contribution in [0.1, 0.15) is 40.0 Å². The number of carbonyl (C=O) groups excluding carboxylic acids is 1. The summed E-state index contributed by atoms with van der Waals surface area (Å²) >= 11 is 0. The van der Waals surface area contributed by atoms with Crippen molar-refractivity contribution in [3.8, 4) is 5.63 Å². The molecule has 0 saturated heterocycles. The zero-order valence-corrected chi connectivity index (χ0v) is 11.0. The number of hydrogen-bond donors (Lipinski definition) is 0. The average Bonchev–Trinajstić information content (AvgIpc) is 2.17. The van der Waals surface area contributed by atoms with Gasteiger partial charge in [-0.1, -0.05) is 0 Å². The van der Waals surface area contributed by atoms with Crippen molar-refractivity contribution in [2.24, 2.45) is 17.8 Å². The molecule has 1 rings (SSSR count). The molecule has 1 fully saturated rings.